The second kappa shape index (κ2) is 8.09. The third-order valence-corrected chi connectivity index (χ3v) is 4.57. The van der Waals surface area contributed by atoms with Crippen LogP contribution in [-0.2, 0) is 0 Å². The molecule has 1 heterocycles. The van der Waals surface area contributed by atoms with Crippen LogP contribution in [0.25, 0.3) is 0 Å². The minimum atomic E-state index is -2.46. The van der Waals surface area contributed by atoms with Crippen molar-refractivity contribution in [3.8, 4) is 5.75 Å². The molecule has 23 heavy (non-hydrogen) atoms. The van der Waals surface area contributed by atoms with Gasteiger partial charge < -0.3 is 9.64 Å². The number of nitrogens with zero attached hydrogens (tertiary/aromatic N) is 1. The van der Waals surface area contributed by atoms with Crippen molar-refractivity contribution in [3.63, 3.8) is 0 Å². The van der Waals surface area contributed by atoms with Crippen molar-refractivity contribution >= 4 is 0 Å². The lowest BCUT2D eigenvalue weighted by Gasteiger charge is -2.34. The van der Waals surface area contributed by atoms with E-state index in [9.17, 15) is 8.78 Å². The molecule has 0 N–H and O–H groups in total. The number of benzene rings is 1. The maximum Gasteiger partial charge on any atom is 0.250 e. The van der Waals surface area contributed by atoms with Gasteiger partial charge >= 0.3 is 0 Å². The van der Waals surface area contributed by atoms with E-state index in [1.54, 1.807) is 0 Å². The number of hydrogen-bond acceptors (Lipinski definition) is 2. The normalized spacial score (nSPS) is 21.1. The number of alkyl halides is 2. The number of piperidine rings is 1. The number of ether oxygens (including phenoxy) is 1. The molecule has 0 spiro atoms. The van der Waals surface area contributed by atoms with Crippen molar-refractivity contribution in [1.29, 1.82) is 0 Å². The Balaban J connectivity index is 1.82. The van der Waals surface area contributed by atoms with Crippen LogP contribution < -0.4 is 4.74 Å². The summed E-state index contributed by atoms with van der Waals surface area (Å²) in [7, 11) is 0. The van der Waals surface area contributed by atoms with Crippen LogP contribution in [-0.4, -0.2) is 36.6 Å². The molecule has 2 atom stereocenters. The molecule has 2 unspecified atom stereocenters. The minimum Gasteiger partial charge on any atom is -0.490 e. The van der Waals surface area contributed by atoms with Gasteiger partial charge in [0.15, 0.2) is 0 Å². The van der Waals surface area contributed by atoms with E-state index in [0.717, 1.165) is 18.7 Å². The first-order valence-corrected chi connectivity index (χ1v) is 8.67. The highest BCUT2D eigenvalue weighted by atomic mass is 19.3. The SMILES string of the molecule is CC(CC(Oc1ccccc1)C(C)C)CN1CCC(F)(F)CC1. The zero-order chi connectivity index (χ0) is 16.9. The van der Waals surface area contributed by atoms with Gasteiger partial charge in [-0.05, 0) is 30.4 Å². The Morgan fingerprint density at radius 1 is 1.09 bits per heavy atom. The lowest BCUT2D eigenvalue weighted by molar-refractivity contribution is -0.0579. The zero-order valence-corrected chi connectivity index (χ0v) is 14.5. The highest BCUT2D eigenvalue weighted by molar-refractivity contribution is 5.21. The van der Waals surface area contributed by atoms with Gasteiger partial charge in [-0.2, -0.15) is 0 Å². The topological polar surface area (TPSA) is 12.5 Å². The van der Waals surface area contributed by atoms with Crippen LogP contribution in [0.3, 0.4) is 0 Å². The second-order valence-corrected chi connectivity index (χ2v) is 7.21. The van der Waals surface area contributed by atoms with E-state index in [4.69, 9.17) is 4.74 Å². The van der Waals surface area contributed by atoms with Gasteiger partial charge in [0.05, 0.1) is 0 Å². The van der Waals surface area contributed by atoms with Crippen molar-refractivity contribution < 1.29 is 13.5 Å². The average Bonchev–Trinajstić information content (AvgIpc) is 2.50. The number of halogens is 2. The summed E-state index contributed by atoms with van der Waals surface area (Å²) >= 11 is 0. The lowest BCUT2D eigenvalue weighted by atomic mass is 9.94. The maximum atomic E-state index is 13.2. The Morgan fingerprint density at radius 2 is 1.70 bits per heavy atom. The number of hydrogen-bond donors (Lipinski definition) is 0. The van der Waals surface area contributed by atoms with Gasteiger partial charge in [-0.15, -0.1) is 0 Å². The Morgan fingerprint density at radius 3 is 2.26 bits per heavy atom. The largest absolute Gasteiger partial charge is 0.490 e. The van der Waals surface area contributed by atoms with Gasteiger partial charge in [0, 0.05) is 32.5 Å². The van der Waals surface area contributed by atoms with Crippen LogP contribution in [0.2, 0.25) is 0 Å². The highest BCUT2D eigenvalue weighted by Crippen LogP contribution is 2.29. The van der Waals surface area contributed by atoms with E-state index in [1.165, 1.54) is 0 Å². The third kappa shape index (κ3) is 6.09. The fraction of sp³-hybridized carbons (Fsp3) is 0.684. The van der Waals surface area contributed by atoms with Gasteiger partial charge in [0.25, 0.3) is 5.92 Å². The molecule has 1 aromatic rings. The summed E-state index contributed by atoms with van der Waals surface area (Å²) in [6.45, 7) is 8.41. The van der Waals surface area contributed by atoms with Crippen molar-refractivity contribution in [2.45, 2.75) is 52.1 Å². The summed E-state index contributed by atoms with van der Waals surface area (Å²) in [4.78, 5) is 2.17. The van der Waals surface area contributed by atoms with Gasteiger partial charge in [-0.3, -0.25) is 0 Å². The van der Waals surface area contributed by atoms with Crippen LogP contribution in [0.15, 0.2) is 30.3 Å². The monoisotopic (exact) mass is 325 g/mol. The molecule has 2 rings (SSSR count). The first-order valence-electron chi connectivity index (χ1n) is 8.67. The smallest absolute Gasteiger partial charge is 0.250 e. The minimum absolute atomic E-state index is 0.00611. The molecule has 1 fully saturated rings. The third-order valence-electron chi connectivity index (χ3n) is 4.57. The number of likely N-dealkylation sites (tertiary alicyclic amines) is 1. The molecule has 0 saturated carbocycles. The fourth-order valence-corrected chi connectivity index (χ4v) is 3.10. The average molecular weight is 325 g/mol. The molecule has 0 aliphatic carbocycles. The van der Waals surface area contributed by atoms with Crippen molar-refractivity contribution in [2.24, 2.45) is 11.8 Å². The molecule has 4 heteroatoms. The van der Waals surface area contributed by atoms with Crippen molar-refractivity contribution in [2.75, 3.05) is 19.6 Å². The van der Waals surface area contributed by atoms with Crippen molar-refractivity contribution in [1.82, 2.24) is 4.90 Å². The first kappa shape index (κ1) is 18.2. The van der Waals surface area contributed by atoms with Gasteiger partial charge in [0.1, 0.15) is 11.9 Å². The van der Waals surface area contributed by atoms with Crippen LogP contribution in [0.5, 0.6) is 5.75 Å². The van der Waals surface area contributed by atoms with Crippen LogP contribution in [0, 0.1) is 11.8 Å². The summed E-state index contributed by atoms with van der Waals surface area (Å²) in [5.41, 5.74) is 0. The van der Waals surface area contributed by atoms with E-state index in [-0.39, 0.29) is 18.9 Å². The predicted molar refractivity (Wildman–Crippen MR) is 90.1 cm³/mol. The Kier molecular flexibility index (Phi) is 6.40. The van der Waals surface area contributed by atoms with E-state index in [2.05, 4.69) is 25.7 Å². The zero-order valence-electron chi connectivity index (χ0n) is 14.5. The van der Waals surface area contributed by atoms with E-state index in [1.807, 2.05) is 30.3 Å². The first-order chi connectivity index (χ1) is 10.9. The van der Waals surface area contributed by atoms with Gasteiger partial charge in [-0.1, -0.05) is 39.0 Å². The number of para-hydroxylation sites is 1. The molecule has 0 bridgehead atoms. The summed E-state index contributed by atoms with van der Waals surface area (Å²) in [6, 6.07) is 9.89. The summed E-state index contributed by atoms with van der Waals surface area (Å²) in [5, 5.41) is 0. The van der Waals surface area contributed by atoms with Crippen molar-refractivity contribution in [3.05, 3.63) is 30.3 Å². The number of rotatable bonds is 7. The van der Waals surface area contributed by atoms with Gasteiger partial charge in [-0.25, -0.2) is 8.78 Å². The van der Waals surface area contributed by atoms with E-state index >= 15 is 0 Å². The Hall–Kier alpha value is -1.16. The summed E-state index contributed by atoms with van der Waals surface area (Å²) in [6.07, 6.45) is 1.08. The molecule has 1 aliphatic rings. The molecule has 130 valence electrons. The molecule has 1 saturated heterocycles. The van der Waals surface area contributed by atoms with E-state index in [0.29, 0.717) is 24.9 Å². The Labute approximate surface area is 138 Å². The highest BCUT2D eigenvalue weighted by Gasteiger charge is 2.34. The molecule has 0 aromatic heterocycles. The van der Waals surface area contributed by atoms with Crippen LogP contribution in [0.1, 0.15) is 40.0 Å². The molecular weight excluding hydrogens is 296 g/mol. The molecular formula is C19H29F2NO. The predicted octanol–water partition coefficient (Wildman–Crippen LogP) is 4.85. The van der Waals surface area contributed by atoms with Crippen LogP contribution in [0.4, 0.5) is 8.78 Å². The summed E-state index contributed by atoms with van der Waals surface area (Å²) < 4.78 is 32.6. The molecule has 0 radical (unpaired) electrons. The Bertz CT molecular complexity index is 454. The molecule has 0 amide bonds. The standard InChI is InChI=1S/C19H29F2NO/c1-15(2)18(23-17-7-5-4-6-8-17)13-16(3)14-22-11-9-19(20,21)10-12-22/h4-8,15-16,18H,9-14H2,1-3H3. The maximum absolute atomic E-state index is 13.2. The molecule has 1 aliphatic heterocycles. The van der Waals surface area contributed by atoms with Gasteiger partial charge in [0.2, 0.25) is 0 Å². The second-order valence-electron chi connectivity index (χ2n) is 7.21. The lowest BCUT2D eigenvalue weighted by Crippen LogP contribution is -2.42. The van der Waals surface area contributed by atoms with Crippen LogP contribution >= 0.6 is 0 Å². The molecule has 2 nitrogen and oxygen atoms in total. The summed E-state index contributed by atoms with van der Waals surface area (Å²) in [5.74, 6) is -0.714. The van der Waals surface area contributed by atoms with E-state index < -0.39 is 5.92 Å². The fourth-order valence-electron chi connectivity index (χ4n) is 3.10. The molecule has 1 aromatic carbocycles. The quantitative estimate of drug-likeness (QED) is 0.711.